The van der Waals surface area contributed by atoms with E-state index in [2.05, 4.69) is 40.7 Å². The Balaban J connectivity index is 1.73. The number of carbonyl (C=O) groups is 2. The van der Waals surface area contributed by atoms with Gasteiger partial charge in [-0.15, -0.1) is 0 Å². The molecule has 0 saturated carbocycles. The summed E-state index contributed by atoms with van der Waals surface area (Å²) in [5, 5.41) is 5.61. The highest BCUT2D eigenvalue weighted by atomic mass is 16.5. The number of carbonyl (C=O) groups excluding carboxylic acids is 2. The van der Waals surface area contributed by atoms with E-state index in [1.54, 1.807) is 19.1 Å². The molecule has 152 valence electrons. The zero-order valence-electron chi connectivity index (χ0n) is 16.7. The molecule has 7 nitrogen and oxygen atoms in total. The first kappa shape index (κ1) is 19.1. The van der Waals surface area contributed by atoms with Gasteiger partial charge in [0.05, 0.1) is 30.7 Å². The molecule has 4 rings (SSSR count). The summed E-state index contributed by atoms with van der Waals surface area (Å²) in [4.78, 5) is 27.4. The van der Waals surface area contributed by atoms with Gasteiger partial charge in [0.15, 0.2) is 0 Å². The summed E-state index contributed by atoms with van der Waals surface area (Å²) < 4.78 is 10.8. The summed E-state index contributed by atoms with van der Waals surface area (Å²) in [7, 11) is 0. The van der Waals surface area contributed by atoms with E-state index in [1.165, 1.54) is 17.4 Å². The van der Waals surface area contributed by atoms with Crippen molar-refractivity contribution in [2.75, 3.05) is 24.6 Å². The number of amides is 2. The second-order valence-corrected chi connectivity index (χ2v) is 7.32. The zero-order chi connectivity index (χ0) is 20.4. The van der Waals surface area contributed by atoms with Crippen molar-refractivity contribution in [3.05, 3.63) is 64.8 Å². The molecule has 7 heteroatoms. The monoisotopic (exact) mass is 395 g/mol. The molecule has 0 radical (unpaired) electrons. The topological polar surface area (TPSA) is 83.8 Å². The van der Waals surface area contributed by atoms with E-state index >= 15 is 0 Å². The van der Waals surface area contributed by atoms with Gasteiger partial charge in [-0.05, 0) is 50.5 Å². The summed E-state index contributed by atoms with van der Waals surface area (Å²) >= 11 is 0. The number of benzene rings is 1. The van der Waals surface area contributed by atoms with E-state index in [9.17, 15) is 9.59 Å². The number of ether oxygens (including phenoxy) is 1. The quantitative estimate of drug-likeness (QED) is 0.760. The van der Waals surface area contributed by atoms with Crippen LogP contribution in [0.4, 0.5) is 10.5 Å². The summed E-state index contributed by atoms with van der Waals surface area (Å²) in [6, 6.07) is 8.83. The van der Waals surface area contributed by atoms with Crippen LogP contribution in [-0.4, -0.2) is 31.7 Å². The fraction of sp³-hybridized carbons (Fsp3) is 0.364. The minimum absolute atomic E-state index is 0.250. The minimum atomic E-state index is -0.685. The van der Waals surface area contributed by atoms with Gasteiger partial charge in [-0.1, -0.05) is 17.7 Å². The molecule has 2 aliphatic heterocycles. The van der Waals surface area contributed by atoms with Gasteiger partial charge in [0.25, 0.3) is 0 Å². The van der Waals surface area contributed by atoms with E-state index in [1.807, 2.05) is 0 Å². The molecule has 0 unspecified atom stereocenters. The highest BCUT2D eigenvalue weighted by Crippen LogP contribution is 2.32. The zero-order valence-corrected chi connectivity index (χ0v) is 16.7. The van der Waals surface area contributed by atoms with E-state index in [4.69, 9.17) is 9.15 Å². The molecule has 0 aliphatic carbocycles. The number of fused-ring (bicyclic) bond motifs is 1. The Morgan fingerprint density at radius 1 is 1.34 bits per heavy atom. The lowest BCUT2D eigenvalue weighted by molar-refractivity contribution is -0.139. The number of nitrogens with one attached hydrogen (secondary N) is 2. The van der Waals surface area contributed by atoms with Crippen LogP contribution in [0.25, 0.3) is 0 Å². The van der Waals surface area contributed by atoms with E-state index in [0.29, 0.717) is 23.6 Å². The molecule has 2 aliphatic rings. The van der Waals surface area contributed by atoms with Gasteiger partial charge < -0.3 is 24.7 Å². The molecule has 0 saturated heterocycles. The third-order valence-electron chi connectivity index (χ3n) is 5.28. The number of urea groups is 1. The molecule has 1 aromatic heterocycles. The average molecular weight is 395 g/mol. The Kier molecular flexibility index (Phi) is 5.29. The van der Waals surface area contributed by atoms with Crippen molar-refractivity contribution < 1.29 is 18.7 Å². The van der Waals surface area contributed by atoms with E-state index in [0.717, 1.165) is 25.1 Å². The SMILES string of the molecule is CCOC(=O)C1=C(CN2CCCc3cc(C)ccc32)NC(=O)N[C@H]1c1ccco1. The Hall–Kier alpha value is -3.22. The van der Waals surface area contributed by atoms with Crippen LogP contribution in [0.2, 0.25) is 0 Å². The molecule has 2 N–H and O–H groups in total. The maximum Gasteiger partial charge on any atom is 0.338 e. The van der Waals surface area contributed by atoms with E-state index < -0.39 is 12.0 Å². The van der Waals surface area contributed by atoms with Crippen LogP contribution in [-0.2, 0) is 16.0 Å². The van der Waals surface area contributed by atoms with Gasteiger partial charge >= 0.3 is 12.0 Å². The van der Waals surface area contributed by atoms with Crippen molar-refractivity contribution >= 4 is 17.7 Å². The van der Waals surface area contributed by atoms with Gasteiger partial charge in [-0.25, -0.2) is 9.59 Å². The maximum atomic E-state index is 12.8. The first-order valence-electron chi connectivity index (χ1n) is 9.92. The fourth-order valence-corrected chi connectivity index (χ4v) is 4.02. The Morgan fingerprint density at radius 3 is 2.97 bits per heavy atom. The highest BCUT2D eigenvalue weighted by molar-refractivity contribution is 5.95. The Bertz CT molecular complexity index is 949. The van der Waals surface area contributed by atoms with Crippen molar-refractivity contribution in [2.24, 2.45) is 0 Å². The van der Waals surface area contributed by atoms with Crippen LogP contribution < -0.4 is 15.5 Å². The van der Waals surface area contributed by atoms with E-state index in [-0.39, 0.29) is 12.6 Å². The number of hydrogen-bond donors (Lipinski definition) is 2. The Morgan fingerprint density at radius 2 is 2.21 bits per heavy atom. The molecule has 29 heavy (non-hydrogen) atoms. The van der Waals surface area contributed by atoms with Crippen molar-refractivity contribution in [3.63, 3.8) is 0 Å². The summed E-state index contributed by atoms with van der Waals surface area (Å²) in [5.41, 5.74) is 4.57. The minimum Gasteiger partial charge on any atom is -0.467 e. The number of furan rings is 1. The first-order valence-corrected chi connectivity index (χ1v) is 9.92. The highest BCUT2D eigenvalue weighted by Gasteiger charge is 2.36. The number of anilines is 1. The molecule has 0 bridgehead atoms. The molecule has 3 heterocycles. The molecule has 0 fully saturated rings. The third-order valence-corrected chi connectivity index (χ3v) is 5.28. The number of nitrogens with zero attached hydrogens (tertiary/aromatic N) is 1. The smallest absolute Gasteiger partial charge is 0.338 e. The lowest BCUT2D eigenvalue weighted by atomic mass is 9.97. The van der Waals surface area contributed by atoms with Crippen molar-refractivity contribution in [3.8, 4) is 0 Å². The van der Waals surface area contributed by atoms with Gasteiger partial charge in [0.1, 0.15) is 11.8 Å². The maximum absolute atomic E-state index is 12.8. The number of aryl methyl sites for hydroxylation is 2. The largest absolute Gasteiger partial charge is 0.467 e. The van der Waals surface area contributed by atoms with Gasteiger partial charge in [-0.2, -0.15) is 0 Å². The van der Waals surface area contributed by atoms with Crippen LogP contribution in [0.15, 0.2) is 52.3 Å². The van der Waals surface area contributed by atoms with Crippen molar-refractivity contribution in [1.82, 2.24) is 10.6 Å². The fourth-order valence-electron chi connectivity index (χ4n) is 4.02. The summed E-state index contributed by atoms with van der Waals surface area (Å²) in [6.45, 7) is 5.36. The molecular weight excluding hydrogens is 370 g/mol. The van der Waals surface area contributed by atoms with Crippen LogP contribution >= 0.6 is 0 Å². The third kappa shape index (κ3) is 3.85. The number of esters is 1. The molecule has 2 amide bonds. The predicted octanol–water partition coefficient (Wildman–Crippen LogP) is 3.21. The average Bonchev–Trinajstić information content (AvgIpc) is 3.22. The lowest BCUT2D eigenvalue weighted by Crippen LogP contribution is -2.49. The second kappa shape index (κ2) is 8.03. The number of hydrogen-bond acceptors (Lipinski definition) is 5. The normalized spacial score (nSPS) is 18.8. The van der Waals surface area contributed by atoms with Gasteiger partial charge in [0, 0.05) is 12.2 Å². The second-order valence-electron chi connectivity index (χ2n) is 7.32. The van der Waals surface area contributed by atoms with Crippen molar-refractivity contribution in [1.29, 1.82) is 0 Å². The van der Waals surface area contributed by atoms with Crippen LogP contribution in [0.1, 0.15) is 36.3 Å². The molecule has 2 aromatic rings. The molecule has 0 spiro atoms. The van der Waals surface area contributed by atoms with Crippen LogP contribution in [0.5, 0.6) is 0 Å². The standard InChI is InChI=1S/C22H25N3O4/c1-3-28-21(26)19-16(23-22(27)24-20(19)18-7-5-11-29-18)13-25-10-4-6-15-12-14(2)8-9-17(15)25/h5,7-9,11-12,20H,3-4,6,10,13H2,1-2H3,(H2,23,24,27)/t20-/m0/s1. The molecular formula is C22H25N3O4. The van der Waals surface area contributed by atoms with Gasteiger partial charge in [-0.3, -0.25) is 0 Å². The number of rotatable bonds is 5. The van der Waals surface area contributed by atoms with Crippen LogP contribution in [0.3, 0.4) is 0 Å². The molecule has 1 atom stereocenters. The van der Waals surface area contributed by atoms with Crippen molar-refractivity contribution in [2.45, 2.75) is 32.7 Å². The van der Waals surface area contributed by atoms with Crippen LogP contribution in [0, 0.1) is 6.92 Å². The summed E-state index contributed by atoms with van der Waals surface area (Å²) in [6.07, 6.45) is 3.57. The predicted molar refractivity (Wildman–Crippen MR) is 108 cm³/mol. The molecule has 1 aromatic carbocycles. The lowest BCUT2D eigenvalue weighted by Gasteiger charge is -2.35. The first-order chi connectivity index (χ1) is 14.1. The summed E-state index contributed by atoms with van der Waals surface area (Å²) in [5.74, 6) is 0.0348. The Labute approximate surface area is 169 Å². The van der Waals surface area contributed by atoms with Gasteiger partial charge in [0.2, 0.25) is 0 Å².